The maximum absolute atomic E-state index is 14.8. The van der Waals surface area contributed by atoms with Crippen LogP contribution >= 0.6 is 11.6 Å². The summed E-state index contributed by atoms with van der Waals surface area (Å²) >= 11 is 5.54. The molecule has 0 spiro atoms. The van der Waals surface area contributed by atoms with Gasteiger partial charge in [0.15, 0.2) is 0 Å². The van der Waals surface area contributed by atoms with E-state index < -0.39 is 22.5 Å². The molecule has 4 heteroatoms. The molecule has 0 heterocycles. The van der Waals surface area contributed by atoms with E-state index in [1.165, 1.54) is 51.4 Å². The number of rotatable bonds is 5. The van der Waals surface area contributed by atoms with Crippen LogP contribution in [-0.2, 0) is 0 Å². The molecule has 0 N–H and O–H groups in total. The van der Waals surface area contributed by atoms with Gasteiger partial charge < -0.3 is 0 Å². The minimum Gasteiger partial charge on any atom is -0.206 e. The summed E-state index contributed by atoms with van der Waals surface area (Å²) in [7, 11) is 0. The Balaban J connectivity index is 1.33. The number of hydrogen-bond acceptors (Lipinski definition) is 0. The third kappa shape index (κ3) is 5.48. The van der Waals surface area contributed by atoms with Gasteiger partial charge in [-0.2, -0.15) is 0 Å². The molecular weight excluding hydrogens is 417 g/mol. The summed E-state index contributed by atoms with van der Waals surface area (Å²) in [5, 5.41) is -0.560. The van der Waals surface area contributed by atoms with Gasteiger partial charge in [-0.15, -0.1) is 0 Å². The largest absolute Gasteiger partial charge is 0.206 e. The van der Waals surface area contributed by atoms with Crippen molar-refractivity contribution in [3.05, 3.63) is 58.4 Å². The molecule has 0 saturated heterocycles. The third-order valence-corrected chi connectivity index (χ3v) is 8.09. The lowest BCUT2D eigenvalue weighted by atomic mass is 9.74. The predicted octanol–water partition coefficient (Wildman–Crippen LogP) is 9.30. The van der Waals surface area contributed by atoms with Crippen LogP contribution in [0.3, 0.4) is 0 Å². The molecule has 2 aliphatic carbocycles. The Morgan fingerprint density at radius 2 is 1.29 bits per heavy atom. The first kappa shape index (κ1) is 22.7. The molecule has 31 heavy (non-hydrogen) atoms. The van der Waals surface area contributed by atoms with Crippen molar-refractivity contribution in [2.45, 2.75) is 77.0 Å². The van der Waals surface area contributed by atoms with Gasteiger partial charge in [0.05, 0.1) is 0 Å². The lowest BCUT2D eigenvalue weighted by molar-refractivity contribution is 0.237. The molecule has 0 unspecified atom stereocenters. The van der Waals surface area contributed by atoms with Gasteiger partial charge in [0.2, 0.25) is 0 Å². The summed E-state index contributed by atoms with van der Waals surface area (Å²) in [5.41, 5.74) is 1.37. The molecule has 0 aliphatic heterocycles. The first-order chi connectivity index (χ1) is 14.9. The van der Waals surface area contributed by atoms with Gasteiger partial charge in [0, 0.05) is 5.56 Å². The van der Waals surface area contributed by atoms with E-state index in [1.807, 2.05) is 6.07 Å². The number of benzene rings is 2. The molecule has 4 rings (SSSR count). The molecule has 168 valence electrons. The standard InChI is InChI=1S/C27H32ClF3/c1-17-2-4-18(5-3-17)6-7-19-8-10-20(11-9-19)21-12-13-23(24(29)14-21)22-15-25(30)27(28)26(31)16-22/h12-20H,2-11H2,1H3/t17-,18-,19?,20?. The average molecular weight is 449 g/mol. The molecule has 0 amide bonds. The molecule has 2 saturated carbocycles. The summed E-state index contributed by atoms with van der Waals surface area (Å²) in [4.78, 5) is 0. The van der Waals surface area contributed by atoms with Crippen molar-refractivity contribution in [3.8, 4) is 11.1 Å². The van der Waals surface area contributed by atoms with Crippen LogP contribution in [0.4, 0.5) is 13.2 Å². The van der Waals surface area contributed by atoms with E-state index in [0.29, 0.717) is 5.92 Å². The first-order valence-corrected chi connectivity index (χ1v) is 12.2. The Morgan fingerprint density at radius 1 is 0.742 bits per heavy atom. The molecule has 2 aromatic carbocycles. The predicted molar refractivity (Wildman–Crippen MR) is 122 cm³/mol. The average Bonchev–Trinajstić information content (AvgIpc) is 2.77. The van der Waals surface area contributed by atoms with Gasteiger partial charge in [-0.25, -0.2) is 13.2 Å². The highest BCUT2D eigenvalue weighted by atomic mass is 35.5. The topological polar surface area (TPSA) is 0 Å². The number of hydrogen-bond donors (Lipinski definition) is 0. The van der Waals surface area contributed by atoms with Crippen molar-refractivity contribution in [3.63, 3.8) is 0 Å². The van der Waals surface area contributed by atoms with Crippen LogP contribution < -0.4 is 0 Å². The fraction of sp³-hybridized carbons (Fsp3) is 0.556. The van der Waals surface area contributed by atoms with E-state index in [1.54, 1.807) is 12.1 Å². The molecule has 2 aromatic rings. The van der Waals surface area contributed by atoms with Gasteiger partial charge in [0.1, 0.15) is 22.5 Å². The first-order valence-electron chi connectivity index (χ1n) is 11.8. The molecule has 0 aromatic heterocycles. The summed E-state index contributed by atoms with van der Waals surface area (Å²) in [5.74, 6) is 0.831. The van der Waals surface area contributed by atoms with E-state index in [2.05, 4.69) is 6.92 Å². The number of halogens is 4. The Hall–Kier alpha value is -1.48. The summed E-state index contributed by atoms with van der Waals surface area (Å²) in [6, 6.07) is 7.28. The van der Waals surface area contributed by atoms with Crippen molar-refractivity contribution < 1.29 is 13.2 Å². The van der Waals surface area contributed by atoms with Crippen LogP contribution in [0.25, 0.3) is 11.1 Å². The van der Waals surface area contributed by atoms with Crippen LogP contribution in [0.5, 0.6) is 0 Å². The van der Waals surface area contributed by atoms with Crippen LogP contribution in [0, 0.1) is 35.2 Å². The second-order valence-corrected chi connectivity index (χ2v) is 10.3. The second kappa shape index (κ2) is 9.98. The zero-order valence-electron chi connectivity index (χ0n) is 18.3. The van der Waals surface area contributed by atoms with Crippen molar-refractivity contribution in [2.75, 3.05) is 0 Å². The highest BCUT2D eigenvalue weighted by molar-refractivity contribution is 6.31. The van der Waals surface area contributed by atoms with Crippen LogP contribution in [0.15, 0.2) is 30.3 Å². The molecule has 0 nitrogen and oxygen atoms in total. The van der Waals surface area contributed by atoms with E-state index in [4.69, 9.17) is 11.6 Å². The monoisotopic (exact) mass is 448 g/mol. The van der Waals surface area contributed by atoms with E-state index >= 15 is 0 Å². The van der Waals surface area contributed by atoms with Crippen LogP contribution in [-0.4, -0.2) is 0 Å². The van der Waals surface area contributed by atoms with Crippen LogP contribution in [0.1, 0.15) is 82.6 Å². The molecule has 0 atom stereocenters. The van der Waals surface area contributed by atoms with E-state index in [-0.39, 0.29) is 11.1 Å². The van der Waals surface area contributed by atoms with Crippen molar-refractivity contribution >= 4 is 11.6 Å². The normalized spacial score (nSPS) is 26.7. The van der Waals surface area contributed by atoms with E-state index in [9.17, 15) is 13.2 Å². The smallest absolute Gasteiger partial charge is 0.145 e. The lowest BCUT2D eigenvalue weighted by Crippen LogP contribution is -2.17. The maximum atomic E-state index is 14.8. The summed E-state index contributed by atoms with van der Waals surface area (Å²) in [6.45, 7) is 2.37. The zero-order valence-corrected chi connectivity index (χ0v) is 19.0. The second-order valence-electron chi connectivity index (χ2n) is 9.91. The highest BCUT2D eigenvalue weighted by Crippen LogP contribution is 2.40. The molecule has 2 fully saturated rings. The van der Waals surface area contributed by atoms with Gasteiger partial charge in [-0.05, 0) is 78.7 Å². The van der Waals surface area contributed by atoms with Gasteiger partial charge in [0.25, 0.3) is 0 Å². The lowest BCUT2D eigenvalue weighted by Gasteiger charge is -2.31. The third-order valence-electron chi connectivity index (χ3n) is 7.72. The Bertz CT molecular complexity index is 870. The maximum Gasteiger partial charge on any atom is 0.145 e. The summed E-state index contributed by atoms with van der Waals surface area (Å²) < 4.78 is 42.3. The SMILES string of the molecule is C[C@H]1CC[C@H](CCC2CCC(c3ccc(-c4cc(F)c(Cl)c(F)c4)c(F)c3)CC2)CC1. The quantitative estimate of drug-likeness (QED) is 0.399. The van der Waals surface area contributed by atoms with E-state index in [0.717, 1.165) is 48.3 Å². The van der Waals surface area contributed by atoms with Gasteiger partial charge in [-0.3, -0.25) is 0 Å². The molecule has 0 radical (unpaired) electrons. The molecule has 2 aliphatic rings. The van der Waals surface area contributed by atoms with Crippen molar-refractivity contribution in [1.82, 2.24) is 0 Å². The molecule has 0 bridgehead atoms. The summed E-state index contributed by atoms with van der Waals surface area (Å²) in [6.07, 6.45) is 12.9. The van der Waals surface area contributed by atoms with Crippen molar-refractivity contribution in [1.29, 1.82) is 0 Å². The highest BCUT2D eigenvalue weighted by Gasteiger charge is 2.25. The van der Waals surface area contributed by atoms with Crippen molar-refractivity contribution in [2.24, 2.45) is 17.8 Å². The fourth-order valence-electron chi connectivity index (χ4n) is 5.60. The Kier molecular flexibility index (Phi) is 7.31. The molecular formula is C27H32ClF3. The Morgan fingerprint density at radius 3 is 1.84 bits per heavy atom. The minimum atomic E-state index is -0.874. The Labute approximate surface area is 189 Å². The van der Waals surface area contributed by atoms with Gasteiger partial charge in [-0.1, -0.05) is 69.2 Å². The fourth-order valence-corrected chi connectivity index (χ4v) is 5.71. The van der Waals surface area contributed by atoms with Crippen LogP contribution in [0.2, 0.25) is 5.02 Å². The minimum absolute atomic E-state index is 0.171. The zero-order chi connectivity index (χ0) is 22.0. The van der Waals surface area contributed by atoms with Gasteiger partial charge >= 0.3 is 0 Å².